The van der Waals surface area contributed by atoms with E-state index in [1.807, 2.05) is 13.8 Å². The van der Waals surface area contributed by atoms with Crippen molar-refractivity contribution in [3.8, 4) is 0 Å². The Bertz CT molecular complexity index is 550. The van der Waals surface area contributed by atoms with Gasteiger partial charge in [0.15, 0.2) is 0 Å². The minimum atomic E-state index is -0.610. The number of aromatic nitrogens is 1. The van der Waals surface area contributed by atoms with Crippen LogP contribution in [0.3, 0.4) is 0 Å². The molecule has 0 bridgehead atoms. The van der Waals surface area contributed by atoms with Crippen LogP contribution >= 0.6 is 0 Å². The van der Waals surface area contributed by atoms with Crippen LogP contribution in [-0.2, 0) is 11.3 Å². The van der Waals surface area contributed by atoms with Gasteiger partial charge in [-0.15, -0.1) is 0 Å². The second-order valence-corrected chi connectivity index (χ2v) is 7.54. The molecular weight excluding hydrogens is 304 g/mol. The van der Waals surface area contributed by atoms with Gasteiger partial charge in [-0.2, -0.15) is 0 Å². The Morgan fingerprint density at radius 3 is 2.58 bits per heavy atom. The number of nitrogens with zero attached hydrogens (tertiary/aromatic N) is 2. The number of aryl methyl sites for hydroxylation is 2. The molecule has 2 heterocycles. The molecule has 0 radical (unpaired) electrons. The van der Waals surface area contributed by atoms with Gasteiger partial charge < -0.3 is 15.5 Å². The van der Waals surface area contributed by atoms with E-state index < -0.39 is 5.54 Å². The average molecular weight is 334 g/mol. The molecule has 6 heteroatoms. The summed E-state index contributed by atoms with van der Waals surface area (Å²) in [5, 5.41) is 3.10. The SMILES string of the molecule is Cc1nc(CN2CCC(CNC(=O)C3(N)CCCC3)CC2)oc1C. The van der Waals surface area contributed by atoms with Crippen molar-refractivity contribution < 1.29 is 9.21 Å². The first-order valence-electron chi connectivity index (χ1n) is 9.19. The maximum Gasteiger partial charge on any atom is 0.240 e. The zero-order chi connectivity index (χ0) is 17.2. The first kappa shape index (κ1) is 17.4. The van der Waals surface area contributed by atoms with Crippen LogP contribution in [0.25, 0.3) is 0 Å². The van der Waals surface area contributed by atoms with E-state index in [2.05, 4.69) is 15.2 Å². The number of nitrogens with two attached hydrogens (primary N) is 1. The number of nitrogens with one attached hydrogen (secondary N) is 1. The van der Waals surface area contributed by atoms with E-state index in [1.165, 1.54) is 0 Å². The van der Waals surface area contributed by atoms with Gasteiger partial charge in [0.1, 0.15) is 5.76 Å². The monoisotopic (exact) mass is 334 g/mol. The van der Waals surface area contributed by atoms with Gasteiger partial charge in [0.25, 0.3) is 0 Å². The molecule has 0 spiro atoms. The van der Waals surface area contributed by atoms with Gasteiger partial charge in [-0.25, -0.2) is 4.98 Å². The molecule has 0 unspecified atom stereocenters. The van der Waals surface area contributed by atoms with E-state index in [0.29, 0.717) is 5.92 Å². The molecule has 1 aromatic heterocycles. The summed E-state index contributed by atoms with van der Waals surface area (Å²) >= 11 is 0. The number of carbonyl (C=O) groups excluding carboxylic acids is 1. The second kappa shape index (κ2) is 7.23. The second-order valence-electron chi connectivity index (χ2n) is 7.54. The number of carbonyl (C=O) groups is 1. The Labute approximate surface area is 144 Å². The van der Waals surface area contributed by atoms with Crippen LogP contribution < -0.4 is 11.1 Å². The van der Waals surface area contributed by atoms with Crippen molar-refractivity contribution in [2.75, 3.05) is 19.6 Å². The van der Waals surface area contributed by atoms with Gasteiger partial charge in [-0.3, -0.25) is 9.69 Å². The molecule has 24 heavy (non-hydrogen) atoms. The summed E-state index contributed by atoms with van der Waals surface area (Å²) in [4.78, 5) is 19.1. The predicted octanol–water partition coefficient (Wildman–Crippen LogP) is 1.89. The standard InChI is InChI=1S/C18H30N4O2/c1-13-14(2)24-16(21-13)12-22-9-5-15(6-10-22)11-20-17(23)18(19)7-3-4-8-18/h15H,3-12,19H2,1-2H3,(H,20,23). The van der Waals surface area contributed by atoms with E-state index in [4.69, 9.17) is 10.2 Å². The number of likely N-dealkylation sites (tertiary alicyclic amines) is 1. The minimum Gasteiger partial charge on any atom is -0.444 e. The van der Waals surface area contributed by atoms with E-state index in [1.54, 1.807) is 0 Å². The zero-order valence-corrected chi connectivity index (χ0v) is 14.9. The Kier molecular flexibility index (Phi) is 5.25. The van der Waals surface area contributed by atoms with Crippen LogP contribution in [0.1, 0.15) is 55.9 Å². The van der Waals surface area contributed by atoms with E-state index >= 15 is 0 Å². The summed E-state index contributed by atoms with van der Waals surface area (Å²) in [6, 6.07) is 0. The highest BCUT2D eigenvalue weighted by atomic mass is 16.4. The normalized spacial score (nSPS) is 22.0. The van der Waals surface area contributed by atoms with Crippen molar-refractivity contribution in [1.29, 1.82) is 0 Å². The maximum absolute atomic E-state index is 12.3. The molecule has 1 saturated heterocycles. The number of hydrogen-bond donors (Lipinski definition) is 2. The summed E-state index contributed by atoms with van der Waals surface area (Å²) in [6.45, 7) is 7.51. The molecule has 1 aliphatic carbocycles. The van der Waals surface area contributed by atoms with Gasteiger partial charge in [-0.05, 0) is 58.5 Å². The number of amides is 1. The zero-order valence-electron chi connectivity index (χ0n) is 14.9. The lowest BCUT2D eigenvalue weighted by Crippen LogP contribution is -2.53. The van der Waals surface area contributed by atoms with Gasteiger partial charge in [-0.1, -0.05) is 12.8 Å². The van der Waals surface area contributed by atoms with Crippen molar-refractivity contribution in [3.05, 3.63) is 17.3 Å². The van der Waals surface area contributed by atoms with Crippen molar-refractivity contribution in [1.82, 2.24) is 15.2 Å². The minimum absolute atomic E-state index is 0.0492. The maximum atomic E-state index is 12.3. The van der Waals surface area contributed by atoms with Crippen molar-refractivity contribution >= 4 is 5.91 Å². The summed E-state index contributed by atoms with van der Waals surface area (Å²) in [5.74, 6) is 2.31. The van der Waals surface area contributed by atoms with Gasteiger partial charge in [0, 0.05) is 6.54 Å². The Balaban J connectivity index is 1.39. The number of piperidine rings is 1. The van der Waals surface area contributed by atoms with E-state index in [9.17, 15) is 4.79 Å². The molecule has 3 rings (SSSR count). The van der Waals surface area contributed by atoms with Crippen molar-refractivity contribution in [3.63, 3.8) is 0 Å². The fourth-order valence-electron chi connectivity index (χ4n) is 3.79. The van der Waals surface area contributed by atoms with Gasteiger partial charge in [0.2, 0.25) is 11.8 Å². The third-order valence-corrected chi connectivity index (χ3v) is 5.64. The molecule has 6 nitrogen and oxygen atoms in total. The number of rotatable bonds is 5. The Morgan fingerprint density at radius 1 is 1.33 bits per heavy atom. The summed E-state index contributed by atoms with van der Waals surface area (Å²) in [7, 11) is 0. The van der Waals surface area contributed by atoms with Crippen LogP contribution in [0.15, 0.2) is 4.42 Å². The molecule has 1 aliphatic heterocycles. The number of oxazole rings is 1. The molecule has 2 fully saturated rings. The first-order chi connectivity index (χ1) is 11.5. The quantitative estimate of drug-likeness (QED) is 0.859. The van der Waals surface area contributed by atoms with E-state index in [0.717, 1.165) is 82.0 Å². The molecule has 3 N–H and O–H groups in total. The van der Waals surface area contributed by atoms with Crippen LogP contribution in [0.2, 0.25) is 0 Å². The average Bonchev–Trinajstić information content (AvgIpc) is 3.13. The largest absolute Gasteiger partial charge is 0.444 e. The fourth-order valence-corrected chi connectivity index (χ4v) is 3.79. The van der Waals surface area contributed by atoms with Crippen molar-refractivity contribution in [2.45, 2.75) is 64.5 Å². The molecular formula is C18H30N4O2. The van der Waals surface area contributed by atoms with Gasteiger partial charge >= 0.3 is 0 Å². The predicted molar refractivity (Wildman–Crippen MR) is 92.4 cm³/mol. The highest BCUT2D eigenvalue weighted by Gasteiger charge is 2.37. The highest BCUT2D eigenvalue weighted by molar-refractivity contribution is 5.86. The lowest BCUT2D eigenvalue weighted by molar-refractivity contribution is -0.126. The van der Waals surface area contributed by atoms with Crippen LogP contribution in [-0.4, -0.2) is 41.0 Å². The van der Waals surface area contributed by atoms with Crippen LogP contribution in [0.5, 0.6) is 0 Å². The lowest BCUT2D eigenvalue weighted by atomic mass is 9.94. The Morgan fingerprint density at radius 2 is 2.00 bits per heavy atom. The molecule has 0 aromatic carbocycles. The molecule has 1 amide bonds. The van der Waals surface area contributed by atoms with Crippen LogP contribution in [0, 0.1) is 19.8 Å². The smallest absolute Gasteiger partial charge is 0.240 e. The first-order valence-corrected chi connectivity index (χ1v) is 9.19. The number of hydrogen-bond acceptors (Lipinski definition) is 5. The summed E-state index contributed by atoms with van der Waals surface area (Å²) < 4.78 is 5.67. The third kappa shape index (κ3) is 3.98. The Hall–Kier alpha value is -1.40. The molecule has 0 atom stereocenters. The van der Waals surface area contributed by atoms with Crippen molar-refractivity contribution in [2.24, 2.45) is 11.7 Å². The summed E-state index contributed by atoms with van der Waals surface area (Å²) in [5.41, 5.74) is 6.57. The lowest BCUT2D eigenvalue weighted by Gasteiger charge is -2.32. The third-order valence-electron chi connectivity index (χ3n) is 5.64. The molecule has 1 aromatic rings. The fraction of sp³-hybridized carbons (Fsp3) is 0.778. The molecule has 2 aliphatic rings. The molecule has 134 valence electrons. The molecule has 1 saturated carbocycles. The highest BCUT2D eigenvalue weighted by Crippen LogP contribution is 2.27. The van der Waals surface area contributed by atoms with E-state index in [-0.39, 0.29) is 5.91 Å². The van der Waals surface area contributed by atoms with Gasteiger partial charge in [0.05, 0.1) is 17.8 Å². The summed E-state index contributed by atoms with van der Waals surface area (Å²) in [6.07, 6.45) is 5.98. The topological polar surface area (TPSA) is 84.4 Å². The van der Waals surface area contributed by atoms with Crippen LogP contribution in [0.4, 0.5) is 0 Å².